The zero-order valence-electron chi connectivity index (χ0n) is 23.2. The highest BCUT2D eigenvalue weighted by Crippen LogP contribution is 2.46. The molecule has 2 aliphatic heterocycles. The van der Waals surface area contributed by atoms with Gasteiger partial charge in [0, 0.05) is 6.54 Å². The van der Waals surface area contributed by atoms with E-state index in [2.05, 4.69) is 62.9 Å². The monoisotopic (exact) mass is 515 g/mol. The molecule has 8 heteroatoms. The number of nitriles is 1. The zero-order valence-corrected chi connectivity index (χ0v) is 24.0. The van der Waals surface area contributed by atoms with Crippen LogP contribution in [0.3, 0.4) is 0 Å². The topological polar surface area (TPSA) is 88.6 Å². The Balaban J connectivity index is 1.63. The molecule has 0 aliphatic carbocycles. The Bertz CT molecular complexity index is 910. The number of unbranched alkanes of at least 4 members (excludes halogenated alkanes) is 1. The van der Waals surface area contributed by atoms with Crippen LogP contribution >= 0.6 is 0 Å². The van der Waals surface area contributed by atoms with Gasteiger partial charge in [-0.3, -0.25) is 10.0 Å². The number of nitrogens with zero attached hydrogens (tertiary/aromatic N) is 2. The van der Waals surface area contributed by atoms with E-state index in [4.69, 9.17) is 14.4 Å². The van der Waals surface area contributed by atoms with E-state index in [0.717, 1.165) is 58.1 Å². The fraction of sp³-hybridized carbons (Fsp3) is 0.750. The third-order valence-electron chi connectivity index (χ3n) is 8.74. The minimum Gasteiger partial charge on any atom is -0.403 e. The van der Waals surface area contributed by atoms with E-state index in [1.54, 1.807) is 0 Å². The van der Waals surface area contributed by atoms with E-state index >= 15 is 0 Å². The fourth-order valence-electron chi connectivity index (χ4n) is 5.77. The molecule has 3 rings (SSSR count). The Hall–Kier alpha value is -1.24. The molecule has 0 spiro atoms. The standard InChI is InChI=1S/C28H46BN3O3S/c1-25(2,36(31)33)21-28(22-30,16-10-11-17-29-34-26(3,4)27(5,6)35-29)24-14-18-32(19-15-24)20-23-12-8-7-9-13-23/h7-9,12-13,24H,10-11,14-21,31H2,1-6H3/t28-,36?/m0/s1. The van der Waals surface area contributed by atoms with Crippen molar-refractivity contribution in [2.45, 2.75) is 109 Å². The van der Waals surface area contributed by atoms with E-state index < -0.39 is 21.1 Å². The maximum atomic E-state index is 12.4. The van der Waals surface area contributed by atoms with Crippen LogP contribution in [0, 0.1) is 22.7 Å². The number of piperidine rings is 1. The molecule has 1 aromatic carbocycles. The molecule has 0 radical (unpaired) electrons. The van der Waals surface area contributed by atoms with Gasteiger partial charge >= 0.3 is 7.12 Å². The van der Waals surface area contributed by atoms with Crippen LogP contribution in [0.4, 0.5) is 0 Å². The van der Waals surface area contributed by atoms with E-state index in [0.29, 0.717) is 6.42 Å². The van der Waals surface area contributed by atoms with Crippen LogP contribution in [0.15, 0.2) is 30.3 Å². The molecular weight excluding hydrogens is 469 g/mol. The number of likely N-dealkylation sites (tertiary alicyclic amines) is 1. The van der Waals surface area contributed by atoms with Crippen molar-refractivity contribution in [3.8, 4) is 6.07 Å². The van der Waals surface area contributed by atoms with Crippen molar-refractivity contribution in [3.05, 3.63) is 35.9 Å². The highest BCUT2D eigenvalue weighted by molar-refractivity contribution is 7.84. The van der Waals surface area contributed by atoms with Crippen LogP contribution in [0.2, 0.25) is 6.32 Å². The number of hydrogen-bond donors (Lipinski definition) is 1. The molecule has 2 fully saturated rings. The van der Waals surface area contributed by atoms with Crippen molar-refractivity contribution in [1.82, 2.24) is 4.90 Å². The van der Waals surface area contributed by atoms with Gasteiger partial charge in [0.25, 0.3) is 0 Å². The first-order valence-corrected chi connectivity index (χ1v) is 14.7. The largest absolute Gasteiger partial charge is 0.457 e. The van der Waals surface area contributed by atoms with Crippen molar-refractivity contribution in [2.24, 2.45) is 16.5 Å². The Morgan fingerprint density at radius 1 is 1.11 bits per heavy atom. The van der Waals surface area contributed by atoms with Crippen LogP contribution in [-0.2, 0) is 26.8 Å². The molecular formula is C28H46BN3O3S. The molecule has 2 N–H and O–H groups in total. The number of benzene rings is 1. The maximum Gasteiger partial charge on any atom is 0.457 e. The molecule has 0 saturated carbocycles. The SMILES string of the molecule is CC(C)(C[C@](C#N)(CCCCB1OC(C)(C)C(C)(C)O1)C1CCN(Cc2ccccc2)CC1)S(N)=O. The third-order valence-corrected chi connectivity index (χ3v) is 9.97. The van der Waals surface area contributed by atoms with Crippen molar-refractivity contribution >= 4 is 18.1 Å². The molecule has 1 aromatic rings. The molecule has 200 valence electrons. The summed E-state index contributed by atoms with van der Waals surface area (Å²) >= 11 is 0. The summed E-state index contributed by atoms with van der Waals surface area (Å²) in [5.41, 5.74) is 0.145. The quantitative estimate of drug-likeness (QED) is 0.312. The van der Waals surface area contributed by atoms with Gasteiger partial charge in [0.15, 0.2) is 0 Å². The summed E-state index contributed by atoms with van der Waals surface area (Å²) in [6, 6.07) is 13.3. The normalized spacial score (nSPS) is 23.2. The minimum absolute atomic E-state index is 0.208. The molecule has 6 nitrogen and oxygen atoms in total. The van der Waals surface area contributed by atoms with Gasteiger partial charge in [0.1, 0.15) is 0 Å². The van der Waals surface area contributed by atoms with Gasteiger partial charge in [-0.05, 0) is 98.1 Å². The predicted molar refractivity (Wildman–Crippen MR) is 148 cm³/mol. The van der Waals surface area contributed by atoms with Gasteiger partial charge in [-0.15, -0.1) is 0 Å². The molecule has 0 amide bonds. The molecule has 2 saturated heterocycles. The molecule has 36 heavy (non-hydrogen) atoms. The first-order chi connectivity index (χ1) is 16.8. The van der Waals surface area contributed by atoms with Crippen molar-refractivity contribution < 1.29 is 13.5 Å². The second kappa shape index (κ2) is 11.7. The minimum atomic E-state index is -1.49. The van der Waals surface area contributed by atoms with Gasteiger partial charge < -0.3 is 9.31 Å². The molecule has 0 aromatic heterocycles. The van der Waals surface area contributed by atoms with Crippen LogP contribution in [-0.4, -0.2) is 45.3 Å². The van der Waals surface area contributed by atoms with E-state index in [1.807, 2.05) is 19.9 Å². The summed E-state index contributed by atoms with van der Waals surface area (Å²) in [5, 5.41) is 16.4. The summed E-state index contributed by atoms with van der Waals surface area (Å²) in [6.07, 6.45) is 5.95. The highest BCUT2D eigenvalue weighted by Gasteiger charge is 2.51. The van der Waals surface area contributed by atoms with E-state index in [-0.39, 0.29) is 24.2 Å². The van der Waals surface area contributed by atoms with Crippen molar-refractivity contribution in [2.75, 3.05) is 13.1 Å². The Labute approximate surface area is 222 Å². The summed E-state index contributed by atoms with van der Waals surface area (Å²) < 4.78 is 24.1. The lowest BCUT2D eigenvalue weighted by molar-refractivity contribution is 0.00578. The summed E-state index contributed by atoms with van der Waals surface area (Å²) in [4.78, 5) is 2.48. The first kappa shape index (κ1) is 29.3. The van der Waals surface area contributed by atoms with Crippen molar-refractivity contribution in [3.63, 3.8) is 0 Å². The van der Waals surface area contributed by atoms with E-state index in [9.17, 15) is 9.47 Å². The average molecular weight is 516 g/mol. The van der Waals surface area contributed by atoms with Crippen LogP contribution < -0.4 is 5.14 Å². The smallest absolute Gasteiger partial charge is 0.403 e. The van der Waals surface area contributed by atoms with Crippen LogP contribution in [0.5, 0.6) is 0 Å². The zero-order chi connectivity index (χ0) is 26.6. The molecule has 2 heterocycles. The lowest BCUT2D eigenvalue weighted by Crippen LogP contribution is -2.45. The van der Waals surface area contributed by atoms with Gasteiger partial charge in [-0.1, -0.05) is 43.2 Å². The average Bonchev–Trinajstić information content (AvgIpc) is 3.02. The summed E-state index contributed by atoms with van der Waals surface area (Å²) in [7, 11) is -1.70. The molecule has 0 bridgehead atoms. The highest BCUT2D eigenvalue weighted by atomic mass is 32.2. The molecule has 2 aliphatic rings. The summed E-state index contributed by atoms with van der Waals surface area (Å²) in [5.74, 6) is 0.272. The van der Waals surface area contributed by atoms with Gasteiger partial charge in [-0.2, -0.15) is 5.26 Å². The number of hydrogen-bond acceptors (Lipinski definition) is 5. The van der Waals surface area contributed by atoms with Gasteiger partial charge in [0.2, 0.25) is 0 Å². The van der Waals surface area contributed by atoms with Crippen LogP contribution in [0.25, 0.3) is 0 Å². The second-order valence-electron chi connectivity index (χ2n) is 12.5. The third kappa shape index (κ3) is 6.99. The van der Waals surface area contributed by atoms with Crippen molar-refractivity contribution in [1.29, 1.82) is 5.26 Å². The first-order valence-electron chi connectivity index (χ1n) is 13.5. The van der Waals surface area contributed by atoms with Gasteiger partial charge in [0.05, 0.1) is 38.4 Å². The van der Waals surface area contributed by atoms with Crippen LogP contribution in [0.1, 0.15) is 85.6 Å². The Morgan fingerprint density at radius 3 is 2.22 bits per heavy atom. The molecule has 2 atom stereocenters. The molecule has 1 unspecified atom stereocenters. The fourth-order valence-corrected chi connectivity index (χ4v) is 6.17. The van der Waals surface area contributed by atoms with Gasteiger partial charge in [-0.25, -0.2) is 4.21 Å². The Morgan fingerprint density at radius 2 is 1.69 bits per heavy atom. The van der Waals surface area contributed by atoms with E-state index in [1.165, 1.54) is 5.56 Å². The second-order valence-corrected chi connectivity index (χ2v) is 14.2. The lowest BCUT2D eigenvalue weighted by Gasteiger charge is -2.44. The maximum absolute atomic E-state index is 12.4. The number of nitrogens with two attached hydrogens (primary N) is 1. The number of rotatable bonds is 11. The predicted octanol–water partition coefficient (Wildman–Crippen LogP) is 5.46. The summed E-state index contributed by atoms with van der Waals surface area (Å²) in [6.45, 7) is 15.1. The lowest BCUT2D eigenvalue weighted by atomic mass is 9.64. The Kier molecular flexibility index (Phi) is 9.49.